The molecule has 110 valence electrons. The first kappa shape index (κ1) is 15.0. The summed E-state index contributed by atoms with van der Waals surface area (Å²) < 4.78 is 5.61. The molecule has 0 aromatic heterocycles. The molecule has 1 aromatic carbocycles. The summed E-state index contributed by atoms with van der Waals surface area (Å²) in [7, 11) is 0. The Balaban J connectivity index is 1.88. The lowest BCUT2D eigenvalue weighted by atomic mass is 10.0. The molecule has 3 atom stereocenters. The van der Waals surface area contributed by atoms with Gasteiger partial charge in [-0.3, -0.25) is 10.1 Å². The lowest BCUT2D eigenvalue weighted by Crippen LogP contribution is -2.40. The highest BCUT2D eigenvalue weighted by Gasteiger charge is 2.39. The van der Waals surface area contributed by atoms with E-state index < -0.39 is 24.2 Å². The molecule has 0 bridgehead atoms. The molecule has 0 saturated carbocycles. The predicted octanol–water partition coefficient (Wildman–Crippen LogP) is 1.11. The molecule has 0 spiro atoms. The van der Waals surface area contributed by atoms with Gasteiger partial charge in [-0.2, -0.15) is 0 Å². The lowest BCUT2D eigenvalue weighted by Gasteiger charge is -2.17. The van der Waals surface area contributed by atoms with Crippen molar-refractivity contribution in [3.8, 4) is 0 Å². The number of rotatable bonds is 5. The molecule has 1 fully saturated rings. The van der Waals surface area contributed by atoms with Crippen LogP contribution in [0.15, 0.2) is 24.3 Å². The summed E-state index contributed by atoms with van der Waals surface area (Å²) in [6, 6.07) is 7.18. The maximum atomic E-state index is 10.9. The predicted molar refractivity (Wildman–Crippen MR) is 74.5 cm³/mol. The molecular formula is C15H21NO4. The third kappa shape index (κ3) is 3.36. The molecule has 5 nitrogen and oxygen atoms in total. The molecule has 1 heterocycles. The number of nitrogens with one attached hydrogen (secondary N) is 1. The first-order valence-electron chi connectivity index (χ1n) is 6.83. The van der Waals surface area contributed by atoms with Gasteiger partial charge in [0.25, 0.3) is 0 Å². The summed E-state index contributed by atoms with van der Waals surface area (Å²) in [6.07, 6.45) is -1.50. The minimum Gasteiger partial charge on any atom is -0.480 e. The van der Waals surface area contributed by atoms with E-state index in [4.69, 9.17) is 9.84 Å². The van der Waals surface area contributed by atoms with Crippen LogP contribution >= 0.6 is 0 Å². The number of aliphatic hydroxyl groups excluding tert-OH is 1. The van der Waals surface area contributed by atoms with E-state index in [1.54, 1.807) is 0 Å². The number of carboxylic acids is 1. The Morgan fingerprint density at radius 1 is 1.40 bits per heavy atom. The van der Waals surface area contributed by atoms with Crippen molar-refractivity contribution in [1.29, 1.82) is 0 Å². The summed E-state index contributed by atoms with van der Waals surface area (Å²) in [6.45, 7) is 4.99. The molecule has 1 aliphatic rings. The second-order valence-corrected chi connectivity index (χ2v) is 5.46. The largest absolute Gasteiger partial charge is 0.480 e. The van der Waals surface area contributed by atoms with Gasteiger partial charge in [0.05, 0.1) is 12.7 Å². The average molecular weight is 279 g/mol. The van der Waals surface area contributed by atoms with Crippen LogP contribution in [-0.4, -0.2) is 41.0 Å². The Kier molecular flexibility index (Phi) is 4.75. The molecule has 0 radical (unpaired) electrons. The maximum absolute atomic E-state index is 10.9. The quantitative estimate of drug-likeness (QED) is 0.752. The number of hydrogen-bond acceptors (Lipinski definition) is 4. The summed E-state index contributed by atoms with van der Waals surface area (Å²) in [4.78, 5) is 10.9. The standard InChI is InChI=1S/C15H21NO4/c1-9(2)11-5-3-10(4-6-11)8-20-12-7-16-13(14(12)17)15(18)19/h3-6,9,12-14,16-17H,7-8H2,1-2H3,(H,18,19)/t12-,13-,14+/m0/s1. The monoisotopic (exact) mass is 279 g/mol. The molecule has 5 heteroatoms. The number of aliphatic hydroxyl groups is 1. The minimum atomic E-state index is -1.05. The fourth-order valence-corrected chi connectivity index (χ4v) is 2.29. The molecule has 1 saturated heterocycles. The van der Waals surface area contributed by atoms with Gasteiger partial charge >= 0.3 is 5.97 Å². The second kappa shape index (κ2) is 6.35. The van der Waals surface area contributed by atoms with Gasteiger partial charge < -0.3 is 14.9 Å². The van der Waals surface area contributed by atoms with E-state index in [1.807, 2.05) is 12.1 Å². The highest BCUT2D eigenvalue weighted by Crippen LogP contribution is 2.17. The average Bonchev–Trinajstić information content (AvgIpc) is 2.78. The van der Waals surface area contributed by atoms with Crippen molar-refractivity contribution in [3.05, 3.63) is 35.4 Å². The van der Waals surface area contributed by atoms with E-state index in [-0.39, 0.29) is 0 Å². The number of carbonyl (C=O) groups is 1. The Morgan fingerprint density at radius 2 is 2.05 bits per heavy atom. The summed E-state index contributed by atoms with van der Waals surface area (Å²) in [5.41, 5.74) is 2.28. The van der Waals surface area contributed by atoms with Gasteiger partial charge in [0.2, 0.25) is 0 Å². The molecule has 20 heavy (non-hydrogen) atoms. The van der Waals surface area contributed by atoms with Crippen LogP contribution in [0, 0.1) is 0 Å². The highest BCUT2D eigenvalue weighted by molar-refractivity contribution is 5.74. The molecule has 2 rings (SSSR count). The van der Waals surface area contributed by atoms with E-state index >= 15 is 0 Å². The molecular weight excluding hydrogens is 258 g/mol. The van der Waals surface area contributed by atoms with Gasteiger partial charge in [0.1, 0.15) is 12.1 Å². The van der Waals surface area contributed by atoms with E-state index in [2.05, 4.69) is 31.3 Å². The van der Waals surface area contributed by atoms with Crippen molar-refractivity contribution in [3.63, 3.8) is 0 Å². The molecule has 0 aliphatic carbocycles. The third-order valence-corrected chi connectivity index (χ3v) is 3.64. The van der Waals surface area contributed by atoms with E-state index in [9.17, 15) is 9.90 Å². The van der Waals surface area contributed by atoms with E-state index in [0.29, 0.717) is 19.1 Å². The van der Waals surface area contributed by atoms with Crippen LogP contribution in [0.2, 0.25) is 0 Å². The van der Waals surface area contributed by atoms with Crippen molar-refractivity contribution in [1.82, 2.24) is 5.32 Å². The smallest absolute Gasteiger partial charge is 0.323 e. The SMILES string of the molecule is CC(C)c1ccc(CO[C@H]2CN[C@H](C(=O)O)[C@@H]2O)cc1. The van der Waals surface area contributed by atoms with Gasteiger partial charge in [-0.25, -0.2) is 0 Å². The number of aliphatic carboxylic acids is 1. The molecule has 1 aromatic rings. The van der Waals surface area contributed by atoms with Gasteiger partial charge in [0, 0.05) is 6.54 Å². The Bertz CT molecular complexity index is 457. The van der Waals surface area contributed by atoms with Gasteiger partial charge in [0.15, 0.2) is 0 Å². The highest BCUT2D eigenvalue weighted by atomic mass is 16.5. The van der Waals surface area contributed by atoms with Crippen molar-refractivity contribution >= 4 is 5.97 Å². The van der Waals surface area contributed by atoms with Crippen LogP contribution in [0.3, 0.4) is 0 Å². The van der Waals surface area contributed by atoms with Gasteiger partial charge in [-0.15, -0.1) is 0 Å². The Hall–Kier alpha value is -1.43. The number of benzene rings is 1. The molecule has 1 aliphatic heterocycles. The summed E-state index contributed by atoms with van der Waals surface area (Å²) >= 11 is 0. The Labute approximate surface area is 118 Å². The van der Waals surface area contributed by atoms with Crippen LogP contribution in [0.5, 0.6) is 0 Å². The van der Waals surface area contributed by atoms with Gasteiger partial charge in [-0.1, -0.05) is 38.1 Å². The topological polar surface area (TPSA) is 78.8 Å². The minimum absolute atomic E-state index is 0.349. The summed E-state index contributed by atoms with van der Waals surface area (Å²) in [5, 5.41) is 21.5. The second-order valence-electron chi connectivity index (χ2n) is 5.46. The zero-order valence-corrected chi connectivity index (χ0v) is 11.7. The van der Waals surface area contributed by atoms with Crippen molar-refractivity contribution in [2.75, 3.05) is 6.54 Å². The van der Waals surface area contributed by atoms with Crippen LogP contribution in [-0.2, 0) is 16.1 Å². The fourth-order valence-electron chi connectivity index (χ4n) is 2.29. The van der Waals surface area contributed by atoms with Crippen LogP contribution < -0.4 is 5.32 Å². The van der Waals surface area contributed by atoms with Crippen LogP contribution in [0.25, 0.3) is 0 Å². The van der Waals surface area contributed by atoms with Crippen LogP contribution in [0.1, 0.15) is 30.9 Å². The molecule has 3 N–H and O–H groups in total. The van der Waals surface area contributed by atoms with Crippen molar-refractivity contribution < 1.29 is 19.7 Å². The van der Waals surface area contributed by atoms with E-state index in [0.717, 1.165) is 5.56 Å². The lowest BCUT2D eigenvalue weighted by molar-refractivity contribution is -0.142. The normalized spacial score (nSPS) is 26.1. The Morgan fingerprint density at radius 3 is 2.55 bits per heavy atom. The van der Waals surface area contributed by atoms with E-state index in [1.165, 1.54) is 5.56 Å². The summed E-state index contributed by atoms with van der Waals surface area (Å²) in [5.74, 6) is -0.563. The zero-order valence-electron chi connectivity index (χ0n) is 11.7. The maximum Gasteiger partial charge on any atom is 0.323 e. The fraction of sp³-hybridized carbons (Fsp3) is 0.533. The van der Waals surface area contributed by atoms with Crippen molar-refractivity contribution in [2.45, 2.75) is 44.6 Å². The number of ether oxygens (including phenoxy) is 1. The zero-order chi connectivity index (χ0) is 14.7. The van der Waals surface area contributed by atoms with Gasteiger partial charge in [-0.05, 0) is 17.0 Å². The first-order chi connectivity index (χ1) is 9.49. The molecule has 0 amide bonds. The van der Waals surface area contributed by atoms with Crippen LogP contribution in [0.4, 0.5) is 0 Å². The number of hydrogen-bond donors (Lipinski definition) is 3. The number of carboxylic acid groups (broad SMARTS) is 1. The first-order valence-corrected chi connectivity index (χ1v) is 6.83. The molecule has 0 unspecified atom stereocenters. The van der Waals surface area contributed by atoms with Crippen molar-refractivity contribution in [2.24, 2.45) is 0 Å². The third-order valence-electron chi connectivity index (χ3n) is 3.64.